The summed E-state index contributed by atoms with van der Waals surface area (Å²) in [7, 11) is 2.67. The van der Waals surface area contributed by atoms with Crippen molar-refractivity contribution >= 4 is 32.1 Å². The molecule has 4 atom stereocenters. The smallest absolute Gasteiger partial charge is 0.226 e. The fourth-order valence-corrected chi connectivity index (χ4v) is 4.82. The van der Waals surface area contributed by atoms with Crippen molar-refractivity contribution in [2.45, 2.75) is 45.1 Å². The average molecular weight is 361 g/mol. The molecule has 3 fully saturated rings. The lowest BCUT2D eigenvalue weighted by molar-refractivity contribution is -0.143. The summed E-state index contributed by atoms with van der Waals surface area (Å²) in [5.41, 5.74) is 5.95. The number of hydrogen-bond acceptors (Lipinski definition) is 5. The van der Waals surface area contributed by atoms with Gasteiger partial charge in [0.1, 0.15) is 18.0 Å². The Morgan fingerprint density at radius 1 is 1.20 bits per heavy atom. The third-order valence-corrected chi connectivity index (χ3v) is 6.77. The van der Waals surface area contributed by atoms with Gasteiger partial charge in [-0.2, -0.15) is 0 Å². The molecule has 3 heterocycles. The molecule has 4 rings (SSSR count). The Balaban J connectivity index is 1.54. The number of nitrogen functional groups attached to an aromatic ring is 1. The van der Waals surface area contributed by atoms with E-state index in [0.717, 1.165) is 50.0 Å². The number of anilines is 2. The highest BCUT2D eigenvalue weighted by Gasteiger charge is 2.43. The maximum absolute atomic E-state index is 13.1. The number of nitrogens with two attached hydrogens (primary N) is 1. The zero-order valence-electron chi connectivity index (χ0n) is 14.9. The molecule has 2 saturated heterocycles. The standard InChI is InChI=1S/C18H28N5OP/c1-11-6-8-22(17-15(25)16(19)20-10-21-17)9-14(11)23-7-2-3-13(18(23)24)12-4-5-12/h10-14H,2-9,25H2,1H3,(H2,19,20,21)/t11?,13?,14-/m1/s1. The number of piperidine rings is 2. The molecule has 0 spiro atoms. The van der Waals surface area contributed by atoms with Crippen molar-refractivity contribution < 1.29 is 4.79 Å². The molecule has 0 bridgehead atoms. The second-order valence-corrected chi connectivity index (χ2v) is 8.47. The Morgan fingerprint density at radius 3 is 2.76 bits per heavy atom. The number of amides is 1. The Hall–Kier alpha value is -1.42. The molecule has 2 aliphatic heterocycles. The maximum Gasteiger partial charge on any atom is 0.226 e. The van der Waals surface area contributed by atoms with Crippen molar-refractivity contribution in [3.05, 3.63) is 6.33 Å². The number of rotatable bonds is 3. The van der Waals surface area contributed by atoms with Crippen LogP contribution in [0.15, 0.2) is 6.33 Å². The van der Waals surface area contributed by atoms with Crippen LogP contribution in [0.3, 0.4) is 0 Å². The van der Waals surface area contributed by atoms with Crippen molar-refractivity contribution in [3.63, 3.8) is 0 Å². The summed E-state index contributed by atoms with van der Waals surface area (Å²) in [6.45, 7) is 4.97. The van der Waals surface area contributed by atoms with Gasteiger partial charge in [0.05, 0.1) is 11.3 Å². The van der Waals surface area contributed by atoms with E-state index < -0.39 is 0 Å². The predicted octanol–water partition coefficient (Wildman–Crippen LogP) is 1.42. The molecule has 3 aliphatic rings. The van der Waals surface area contributed by atoms with Gasteiger partial charge in [0.25, 0.3) is 0 Å². The van der Waals surface area contributed by atoms with E-state index in [0.29, 0.717) is 23.6 Å². The summed E-state index contributed by atoms with van der Waals surface area (Å²) in [6.07, 6.45) is 7.31. The van der Waals surface area contributed by atoms with E-state index in [1.807, 2.05) is 0 Å². The Morgan fingerprint density at radius 2 is 2.00 bits per heavy atom. The van der Waals surface area contributed by atoms with E-state index in [1.54, 1.807) is 0 Å². The maximum atomic E-state index is 13.1. The van der Waals surface area contributed by atoms with Crippen LogP contribution in [0.1, 0.15) is 39.0 Å². The van der Waals surface area contributed by atoms with Crippen LogP contribution in [-0.4, -0.2) is 46.5 Å². The molecular weight excluding hydrogens is 333 g/mol. The normalized spacial score (nSPS) is 30.6. The van der Waals surface area contributed by atoms with Gasteiger partial charge in [-0.25, -0.2) is 9.97 Å². The second kappa shape index (κ2) is 6.71. The minimum atomic E-state index is 0.267. The summed E-state index contributed by atoms with van der Waals surface area (Å²) in [6, 6.07) is 0.267. The van der Waals surface area contributed by atoms with E-state index >= 15 is 0 Å². The molecule has 0 aromatic carbocycles. The number of likely N-dealkylation sites (tertiary alicyclic amines) is 1. The van der Waals surface area contributed by atoms with E-state index in [-0.39, 0.29) is 12.0 Å². The van der Waals surface area contributed by atoms with Gasteiger partial charge in [0.2, 0.25) is 5.91 Å². The largest absolute Gasteiger partial charge is 0.383 e. The van der Waals surface area contributed by atoms with Crippen LogP contribution in [0.5, 0.6) is 0 Å². The summed E-state index contributed by atoms with van der Waals surface area (Å²) < 4.78 is 0. The summed E-state index contributed by atoms with van der Waals surface area (Å²) in [5, 5.41) is 0.858. The van der Waals surface area contributed by atoms with Gasteiger partial charge >= 0.3 is 0 Å². The van der Waals surface area contributed by atoms with Crippen molar-refractivity contribution in [3.8, 4) is 0 Å². The van der Waals surface area contributed by atoms with Gasteiger partial charge in [0, 0.05) is 25.6 Å². The molecule has 0 radical (unpaired) electrons. The van der Waals surface area contributed by atoms with Gasteiger partial charge in [-0.1, -0.05) is 16.2 Å². The number of carbonyl (C=O) groups is 1. The van der Waals surface area contributed by atoms with Crippen molar-refractivity contribution in [1.82, 2.24) is 14.9 Å². The van der Waals surface area contributed by atoms with E-state index in [1.165, 1.54) is 19.2 Å². The molecule has 136 valence electrons. The summed E-state index contributed by atoms with van der Waals surface area (Å²) >= 11 is 0. The molecule has 1 saturated carbocycles. The van der Waals surface area contributed by atoms with Crippen LogP contribution >= 0.6 is 9.24 Å². The first-order valence-electron chi connectivity index (χ1n) is 9.47. The average Bonchev–Trinajstić information content (AvgIpc) is 3.43. The van der Waals surface area contributed by atoms with Gasteiger partial charge in [-0.05, 0) is 43.9 Å². The number of nitrogens with zero attached hydrogens (tertiary/aromatic N) is 4. The Labute approximate surface area is 151 Å². The molecular formula is C18H28N5OP. The quantitative estimate of drug-likeness (QED) is 0.824. The fraction of sp³-hybridized carbons (Fsp3) is 0.722. The first kappa shape index (κ1) is 17.0. The molecule has 1 aromatic heterocycles. The topological polar surface area (TPSA) is 75.4 Å². The minimum absolute atomic E-state index is 0.267. The van der Waals surface area contributed by atoms with E-state index in [9.17, 15) is 4.79 Å². The van der Waals surface area contributed by atoms with Crippen LogP contribution in [0.4, 0.5) is 11.6 Å². The first-order valence-corrected chi connectivity index (χ1v) is 10.1. The van der Waals surface area contributed by atoms with Crippen LogP contribution in [0, 0.1) is 17.8 Å². The fourth-order valence-electron chi connectivity index (χ4n) is 4.49. The van der Waals surface area contributed by atoms with Crippen molar-refractivity contribution in [2.75, 3.05) is 30.3 Å². The third-order valence-electron chi connectivity index (χ3n) is 6.22. The monoisotopic (exact) mass is 361 g/mol. The highest BCUT2D eigenvalue weighted by molar-refractivity contribution is 7.28. The van der Waals surface area contributed by atoms with Crippen molar-refractivity contribution in [2.24, 2.45) is 17.8 Å². The summed E-state index contributed by atoms with van der Waals surface area (Å²) in [4.78, 5) is 26.1. The van der Waals surface area contributed by atoms with Crippen molar-refractivity contribution in [1.29, 1.82) is 0 Å². The molecule has 3 unspecified atom stereocenters. The third kappa shape index (κ3) is 3.21. The van der Waals surface area contributed by atoms with Gasteiger partial charge in [0.15, 0.2) is 0 Å². The lowest BCUT2D eigenvalue weighted by Gasteiger charge is -2.46. The van der Waals surface area contributed by atoms with E-state index in [2.05, 4.69) is 35.9 Å². The Bertz CT molecular complexity index is 665. The highest BCUT2D eigenvalue weighted by atomic mass is 31.0. The molecule has 7 heteroatoms. The molecule has 1 aromatic rings. The molecule has 25 heavy (non-hydrogen) atoms. The number of hydrogen-bond donors (Lipinski definition) is 1. The zero-order chi connectivity index (χ0) is 17.6. The number of aromatic nitrogens is 2. The lowest BCUT2D eigenvalue weighted by Crippen LogP contribution is -2.57. The molecule has 1 aliphatic carbocycles. The molecule has 2 N–H and O–H groups in total. The summed E-state index contributed by atoms with van der Waals surface area (Å²) in [5.74, 6) is 3.26. The SMILES string of the molecule is CC1CCN(c2ncnc(N)c2P)C[C@H]1N1CCCC(C2CC2)C1=O. The van der Waals surface area contributed by atoms with Crippen LogP contribution in [-0.2, 0) is 4.79 Å². The zero-order valence-corrected chi connectivity index (χ0v) is 16.1. The van der Waals surface area contributed by atoms with Crippen LogP contribution < -0.4 is 15.9 Å². The van der Waals surface area contributed by atoms with Crippen LogP contribution in [0.2, 0.25) is 0 Å². The Kier molecular flexibility index (Phi) is 4.57. The predicted molar refractivity (Wildman–Crippen MR) is 103 cm³/mol. The van der Waals surface area contributed by atoms with Gasteiger partial charge in [-0.15, -0.1) is 0 Å². The minimum Gasteiger partial charge on any atom is -0.383 e. The second-order valence-electron chi connectivity index (χ2n) is 7.89. The molecule has 6 nitrogen and oxygen atoms in total. The van der Waals surface area contributed by atoms with Gasteiger partial charge in [-0.3, -0.25) is 4.79 Å². The number of carbonyl (C=O) groups excluding carboxylic acids is 1. The van der Waals surface area contributed by atoms with Gasteiger partial charge < -0.3 is 15.5 Å². The lowest BCUT2D eigenvalue weighted by atomic mass is 9.86. The van der Waals surface area contributed by atoms with Crippen LogP contribution in [0.25, 0.3) is 0 Å². The molecule has 1 amide bonds. The van der Waals surface area contributed by atoms with E-state index in [4.69, 9.17) is 5.73 Å². The first-order chi connectivity index (χ1) is 12.1. The highest BCUT2D eigenvalue weighted by Crippen LogP contribution is 2.42.